The Kier molecular flexibility index (Phi) is 7.98. The first-order chi connectivity index (χ1) is 17.3. The second-order valence-corrected chi connectivity index (χ2v) is 9.44. The van der Waals surface area contributed by atoms with E-state index in [4.69, 9.17) is 4.74 Å². The maximum Gasteiger partial charge on any atom is 0.258 e. The van der Waals surface area contributed by atoms with Crippen molar-refractivity contribution in [2.24, 2.45) is 5.92 Å². The van der Waals surface area contributed by atoms with Gasteiger partial charge in [-0.2, -0.15) is 0 Å². The largest absolute Gasteiger partial charge is 0.484 e. The van der Waals surface area contributed by atoms with E-state index < -0.39 is 0 Å². The molecule has 3 aromatic carbocycles. The molecule has 1 atom stereocenters. The summed E-state index contributed by atoms with van der Waals surface area (Å²) < 4.78 is 32.5. The summed E-state index contributed by atoms with van der Waals surface area (Å²) in [5.41, 5.74) is 3.61. The minimum atomic E-state index is -0.364. The predicted octanol–water partition coefficient (Wildman–Crippen LogP) is 5.18. The first-order valence-corrected chi connectivity index (χ1v) is 12.1. The smallest absolute Gasteiger partial charge is 0.258 e. The minimum Gasteiger partial charge on any atom is -0.484 e. The molecule has 188 valence electrons. The van der Waals surface area contributed by atoms with Crippen LogP contribution < -0.4 is 10.1 Å². The molecule has 0 aromatic heterocycles. The van der Waals surface area contributed by atoms with Gasteiger partial charge in [-0.15, -0.1) is 0 Å². The van der Waals surface area contributed by atoms with E-state index in [9.17, 15) is 18.4 Å². The van der Waals surface area contributed by atoms with Crippen molar-refractivity contribution in [1.82, 2.24) is 10.2 Å². The van der Waals surface area contributed by atoms with Crippen molar-refractivity contribution in [3.8, 4) is 5.75 Å². The fraction of sp³-hybridized carbons (Fsp3) is 0.310. The summed E-state index contributed by atoms with van der Waals surface area (Å²) in [6.45, 7) is 4.68. The highest BCUT2D eigenvalue weighted by molar-refractivity contribution is 5.78. The van der Waals surface area contributed by atoms with Gasteiger partial charge in [-0.05, 0) is 71.0 Å². The zero-order chi connectivity index (χ0) is 25.7. The van der Waals surface area contributed by atoms with Crippen LogP contribution in [-0.4, -0.2) is 29.9 Å². The summed E-state index contributed by atoms with van der Waals surface area (Å²) in [4.78, 5) is 27.3. The highest BCUT2D eigenvalue weighted by Gasteiger charge is 2.32. The van der Waals surface area contributed by atoms with E-state index in [0.717, 1.165) is 22.3 Å². The van der Waals surface area contributed by atoms with Crippen LogP contribution in [0.2, 0.25) is 0 Å². The van der Waals surface area contributed by atoms with Gasteiger partial charge in [0.2, 0.25) is 5.91 Å². The Labute approximate surface area is 210 Å². The molecule has 36 heavy (non-hydrogen) atoms. The standard InChI is InChI=1S/C29H30F2N2O3/c1-19(2)15-28(35)33-14-13-21-7-12-25(16-26(21)29(33)22-5-10-24(31)11-6-22)36-18-27(34)32-17-20-3-8-23(30)9-4-20/h3-12,16,19,29H,13-15,17-18H2,1-2H3,(H,32,34)/t29-/m1/s1. The number of hydrogen-bond acceptors (Lipinski definition) is 3. The lowest BCUT2D eigenvalue weighted by atomic mass is 9.87. The monoisotopic (exact) mass is 492 g/mol. The van der Waals surface area contributed by atoms with Gasteiger partial charge in [0.05, 0.1) is 6.04 Å². The van der Waals surface area contributed by atoms with Gasteiger partial charge < -0.3 is 15.0 Å². The highest BCUT2D eigenvalue weighted by atomic mass is 19.1. The summed E-state index contributed by atoms with van der Waals surface area (Å²) in [5, 5.41) is 2.76. The number of amides is 2. The molecule has 0 unspecified atom stereocenters. The zero-order valence-corrected chi connectivity index (χ0v) is 20.5. The first-order valence-electron chi connectivity index (χ1n) is 12.1. The lowest BCUT2D eigenvalue weighted by Gasteiger charge is -2.38. The van der Waals surface area contributed by atoms with Gasteiger partial charge in [0.25, 0.3) is 5.91 Å². The maximum atomic E-state index is 13.7. The van der Waals surface area contributed by atoms with Crippen molar-refractivity contribution in [1.29, 1.82) is 0 Å². The topological polar surface area (TPSA) is 58.6 Å². The molecular formula is C29H30F2N2O3. The molecule has 3 aromatic rings. The number of hydrogen-bond donors (Lipinski definition) is 1. The Hall–Kier alpha value is -3.74. The third-order valence-corrected chi connectivity index (χ3v) is 6.21. The van der Waals surface area contributed by atoms with Crippen molar-refractivity contribution < 1.29 is 23.1 Å². The zero-order valence-electron chi connectivity index (χ0n) is 20.5. The molecule has 5 nitrogen and oxygen atoms in total. The van der Waals surface area contributed by atoms with E-state index in [0.29, 0.717) is 25.1 Å². The fourth-order valence-corrected chi connectivity index (χ4v) is 4.43. The van der Waals surface area contributed by atoms with Gasteiger partial charge in [-0.1, -0.05) is 44.2 Å². The molecule has 0 saturated carbocycles. The van der Waals surface area contributed by atoms with Crippen molar-refractivity contribution in [3.63, 3.8) is 0 Å². The van der Waals surface area contributed by atoms with Crippen LogP contribution in [0.3, 0.4) is 0 Å². The lowest BCUT2D eigenvalue weighted by molar-refractivity contribution is -0.134. The van der Waals surface area contributed by atoms with Crippen LogP contribution in [0.15, 0.2) is 66.7 Å². The molecular weight excluding hydrogens is 462 g/mol. The van der Waals surface area contributed by atoms with E-state index in [1.807, 2.05) is 36.9 Å². The molecule has 1 aliphatic rings. The van der Waals surface area contributed by atoms with Gasteiger partial charge in [-0.3, -0.25) is 9.59 Å². The number of halogens is 2. The van der Waals surface area contributed by atoms with E-state index >= 15 is 0 Å². The predicted molar refractivity (Wildman–Crippen MR) is 133 cm³/mol. The summed E-state index contributed by atoms with van der Waals surface area (Å²) in [7, 11) is 0. The van der Waals surface area contributed by atoms with Crippen molar-refractivity contribution >= 4 is 11.8 Å². The molecule has 1 aliphatic heterocycles. The van der Waals surface area contributed by atoms with Crippen molar-refractivity contribution in [3.05, 3.63) is 101 Å². The summed E-state index contributed by atoms with van der Waals surface area (Å²) in [5.74, 6) is -0.188. The van der Waals surface area contributed by atoms with Crippen LogP contribution >= 0.6 is 0 Å². The molecule has 0 bridgehead atoms. The van der Waals surface area contributed by atoms with Crippen LogP contribution in [0.5, 0.6) is 5.75 Å². The number of carbonyl (C=O) groups excluding carboxylic acids is 2. The number of fused-ring (bicyclic) bond motifs is 1. The quantitative estimate of drug-likeness (QED) is 0.472. The van der Waals surface area contributed by atoms with Gasteiger partial charge >= 0.3 is 0 Å². The molecule has 0 aliphatic carbocycles. The van der Waals surface area contributed by atoms with E-state index in [-0.39, 0.29) is 48.6 Å². The molecule has 7 heteroatoms. The van der Waals surface area contributed by atoms with Gasteiger partial charge in [0, 0.05) is 19.5 Å². The van der Waals surface area contributed by atoms with E-state index in [1.165, 1.54) is 24.3 Å². The SMILES string of the molecule is CC(C)CC(=O)N1CCc2ccc(OCC(=O)NCc3ccc(F)cc3)cc2[C@H]1c1ccc(F)cc1. The number of benzene rings is 3. The van der Waals surface area contributed by atoms with Crippen molar-refractivity contribution in [2.45, 2.75) is 39.3 Å². The Morgan fingerprint density at radius 2 is 1.67 bits per heavy atom. The Balaban J connectivity index is 1.50. The Morgan fingerprint density at radius 1 is 1.00 bits per heavy atom. The molecule has 2 amide bonds. The highest BCUT2D eigenvalue weighted by Crippen LogP contribution is 2.38. The molecule has 4 rings (SSSR count). The molecule has 1 heterocycles. The number of ether oxygens (including phenoxy) is 1. The summed E-state index contributed by atoms with van der Waals surface area (Å²) in [6, 6.07) is 17.4. The van der Waals surface area contributed by atoms with Crippen LogP contribution in [0.1, 0.15) is 48.6 Å². The number of nitrogens with one attached hydrogen (secondary N) is 1. The van der Waals surface area contributed by atoms with Gasteiger partial charge in [0.15, 0.2) is 6.61 Å². The lowest BCUT2D eigenvalue weighted by Crippen LogP contribution is -2.41. The fourth-order valence-electron chi connectivity index (χ4n) is 4.43. The molecule has 0 radical (unpaired) electrons. The summed E-state index contributed by atoms with van der Waals surface area (Å²) >= 11 is 0. The normalized spacial score (nSPS) is 14.9. The summed E-state index contributed by atoms with van der Waals surface area (Å²) in [6.07, 6.45) is 1.13. The van der Waals surface area contributed by atoms with Crippen LogP contribution in [0.25, 0.3) is 0 Å². The van der Waals surface area contributed by atoms with Crippen molar-refractivity contribution in [2.75, 3.05) is 13.2 Å². The average Bonchev–Trinajstić information content (AvgIpc) is 2.86. The van der Waals surface area contributed by atoms with E-state index in [2.05, 4.69) is 5.32 Å². The van der Waals surface area contributed by atoms with Crippen LogP contribution in [0.4, 0.5) is 8.78 Å². The third kappa shape index (κ3) is 6.27. The average molecular weight is 493 g/mol. The third-order valence-electron chi connectivity index (χ3n) is 6.21. The van der Waals surface area contributed by atoms with E-state index in [1.54, 1.807) is 24.3 Å². The number of nitrogens with zero attached hydrogens (tertiary/aromatic N) is 1. The maximum absolute atomic E-state index is 13.7. The Bertz CT molecular complexity index is 1210. The Morgan fingerprint density at radius 3 is 2.33 bits per heavy atom. The molecule has 0 saturated heterocycles. The second kappa shape index (κ2) is 11.3. The van der Waals surface area contributed by atoms with Crippen LogP contribution in [0, 0.1) is 17.6 Å². The second-order valence-electron chi connectivity index (χ2n) is 9.44. The number of rotatable bonds is 8. The van der Waals surface area contributed by atoms with Gasteiger partial charge in [0.1, 0.15) is 17.4 Å². The van der Waals surface area contributed by atoms with Gasteiger partial charge in [-0.25, -0.2) is 8.78 Å². The van der Waals surface area contributed by atoms with Crippen LogP contribution in [-0.2, 0) is 22.6 Å². The molecule has 1 N–H and O–H groups in total. The minimum absolute atomic E-state index is 0.0523. The number of carbonyl (C=O) groups is 2. The molecule has 0 fully saturated rings. The molecule has 0 spiro atoms. The first kappa shape index (κ1) is 25.4.